The Kier molecular flexibility index (Phi) is 6.96. The molecule has 1 amide bonds. The number of hydrazine groups is 1. The Bertz CT molecular complexity index is 461. The van der Waals surface area contributed by atoms with Crippen LogP contribution in [0.1, 0.15) is 29.5 Å². The number of nitrogens with zero attached hydrogens (tertiary/aromatic N) is 2. The average molecular weight is 299 g/mol. The van der Waals surface area contributed by atoms with Crippen LogP contribution in [0.5, 0.6) is 0 Å². The van der Waals surface area contributed by atoms with E-state index in [4.69, 9.17) is 17.0 Å². The molecule has 1 aromatic rings. The summed E-state index contributed by atoms with van der Waals surface area (Å²) in [5.74, 6) is -0.270. The van der Waals surface area contributed by atoms with Gasteiger partial charge in [0.05, 0.1) is 5.69 Å². The number of hydrogen-bond donors (Lipinski definition) is 3. The molecule has 0 unspecified atom stereocenters. The second kappa shape index (κ2) is 8.49. The highest BCUT2D eigenvalue weighted by Gasteiger charge is 2.12. The Hall–Kier alpha value is -1.67. The van der Waals surface area contributed by atoms with Gasteiger partial charge in [-0.25, -0.2) is 0 Å². The topological polar surface area (TPSA) is 80.2 Å². The van der Waals surface area contributed by atoms with Crippen LogP contribution in [0.4, 0.5) is 0 Å². The predicted octanol–water partition coefficient (Wildman–Crippen LogP) is 0.357. The number of hydrogen-bond acceptors (Lipinski definition) is 4. The van der Waals surface area contributed by atoms with E-state index in [9.17, 15) is 4.79 Å². The second-order valence-electron chi connectivity index (χ2n) is 4.17. The monoisotopic (exact) mass is 299 g/mol. The molecule has 0 bridgehead atoms. The minimum Gasteiger partial charge on any atom is -0.385 e. The van der Waals surface area contributed by atoms with Crippen LogP contribution in [0.3, 0.4) is 0 Å². The van der Waals surface area contributed by atoms with Gasteiger partial charge in [-0.3, -0.25) is 20.3 Å². The van der Waals surface area contributed by atoms with Crippen LogP contribution in [-0.4, -0.2) is 41.1 Å². The minimum atomic E-state index is -0.270. The van der Waals surface area contributed by atoms with Crippen LogP contribution in [0.2, 0.25) is 0 Å². The Morgan fingerprint density at radius 3 is 2.90 bits per heavy atom. The summed E-state index contributed by atoms with van der Waals surface area (Å²) in [5, 5.41) is 7.54. The molecule has 0 aromatic carbocycles. The maximum atomic E-state index is 12.0. The summed E-state index contributed by atoms with van der Waals surface area (Å²) in [6, 6.07) is 1.73. The van der Waals surface area contributed by atoms with E-state index in [-0.39, 0.29) is 5.91 Å². The highest BCUT2D eigenvalue weighted by atomic mass is 32.1. The first-order chi connectivity index (χ1) is 9.58. The fourth-order valence-electron chi connectivity index (χ4n) is 1.61. The average Bonchev–Trinajstić information content (AvgIpc) is 2.82. The summed E-state index contributed by atoms with van der Waals surface area (Å²) in [6.45, 7) is 5.76. The maximum Gasteiger partial charge on any atom is 0.287 e. The molecular formula is C12H21N5O2S. The molecule has 0 aliphatic rings. The third-order valence-electron chi connectivity index (χ3n) is 2.53. The Balaban J connectivity index is 2.37. The number of nitrogens with one attached hydrogen (secondary N) is 3. The van der Waals surface area contributed by atoms with Gasteiger partial charge in [0.1, 0.15) is 5.69 Å². The lowest BCUT2D eigenvalue weighted by Crippen LogP contribution is -2.47. The Labute approximate surface area is 124 Å². The molecule has 0 fully saturated rings. The van der Waals surface area contributed by atoms with Crippen molar-refractivity contribution in [2.75, 3.05) is 20.3 Å². The molecule has 112 valence electrons. The molecule has 0 radical (unpaired) electrons. The molecule has 0 atom stereocenters. The molecule has 8 heteroatoms. The highest BCUT2D eigenvalue weighted by molar-refractivity contribution is 7.80. The summed E-state index contributed by atoms with van der Waals surface area (Å²) in [5.41, 5.74) is 6.50. The molecule has 0 aliphatic carbocycles. The lowest BCUT2D eigenvalue weighted by Gasteiger charge is -2.11. The number of aryl methyl sites for hydroxylation is 2. The van der Waals surface area contributed by atoms with Crippen LogP contribution in [0.25, 0.3) is 0 Å². The lowest BCUT2D eigenvalue weighted by atomic mass is 10.3. The molecule has 20 heavy (non-hydrogen) atoms. The van der Waals surface area contributed by atoms with Gasteiger partial charge in [-0.05, 0) is 38.6 Å². The Morgan fingerprint density at radius 1 is 1.50 bits per heavy atom. The summed E-state index contributed by atoms with van der Waals surface area (Å²) in [7, 11) is 1.65. The van der Waals surface area contributed by atoms with Gasteiger partial charge in [0.2, 0.25) is 0 Å². The molecular weight excluding hydrogens is 278 g/mol. The first kappa shape index (κ1) is 16.4. The fourth-order valence-corrected chi connectivity index (χ4v) is 1.76. The van der Waals surface area contributed by atoms with Gasteiger partial charge >= 0.3 is 0 Å². The molecule has 1 heterocycles. The van der Waals surface area contributed by atoms with Gasteiger partial charge in [-0.1, -0.05) is 0 Å². The van der Waals surface area contributed by atoms with Crippen LogP contribution >= 0.6 is 12.2 Å². The molecule has 1 rings (SSSR count). The zero-order valence-corrected chi connectivity index (χ0v) is 12.8. The van der Waals surface area contributed by atoms with Gasteiger partial charge in [-0.2, -0.15) is 5.10 Å². The minimum absolute atomic E-state index is 0.270. The number of carbonyl (C=O) groups is 1. The number of ether oxygens (including phenoxy) is 1. The van der Waals surface area contributed by atoms with Crippen molar-refractivity contribution in [3.63, 3.8) is 0 Å². The second-order valence-corrected chi connectivity index (χ2v) is 4.58. The van der Waals surface area contributed by atoms with E-state index >= 15 is 0 Å². The van der Waals surface area contributed by atoms with E-state index in [0.717, 1.165) is 12.1 Å². The van der Waals surface area contributed by atoms with Gasteiger partial charge in [-0.15, -0.1) is 0 Å². The first-order valence-corrected chi connectivity index (χ1v) is 6.86. The van der Waals surface area contributed by atoms with Crippen LogP contribution in [-0.2, 0) is 11.3 Å². The summed E-state index contributed by atoms with van der Waals surface area (Å²) in [4.78, 5) is 12.0. The number of thiocarbonyl (C=S) groups is 1. The first-order valence-electron chi connectivity index (χ1n) is 6.46. The lowest BCUT2D eigenvalue weighted by molar-refractivity contribution is 0.0933. The van der Waals surface area contributed by atoms with Crippen molar-refractivity contribution in [3.05, 3.63) is 17.5 Å². The molecule has 0 saturated heterocycles. The SMILES string of the molecule is CCn1nc(C)cc1C(=O)NNC(=S)NCCCOC. The standard InChI is InChI=1S/C12H21N5O2S/c1-4-17-10(8-9(2)16-17)11(18)14-15-12(20)13-6-5-7-19-3/h8H,4-7H2,1-3H3,(H,14,18)(H2,13,15,20). The van der Waals surface area contributed by atoms with E-state index in [1.807, 2.05) is 13.8 Å². The molecule has 7 nitrogen and oxygen atoms in total. The largest absolute Gasteiger partial charge is 0.385 e. The van der Waals surface area contributed by atoms with Crippen molar-refractivity contribution < 1.29 is 9.53 Å². The van der Waals surface area contributed by atoms with E-state index < -0.39 is 0 Å². The van der Waals surface area contributed by atoms with Crippen LogP contribution < -0.4 is 16.2 Å². The number of rotatable bonds is 6. The van der Waals surface area contributed by atoms with Crippen LogP contribution in [0, 0.1) is 6.92 Å². The number of carbonyl (C=O) groups excluding carboxylic acids is 1. The highest BCUT2D eigenvalue weighted by Crippen LogP contribution is 2.02. The van der Waals surface area contributed by atoms with Crippen molar-refractivity contribution in [2.45, 2.75) is 26.8 Å². The van der Waals surface area contributed by atoms with E-state index in [1.165, 1.54) is 0 Å². The third-order valence-corrected chi connectivity index (χ3v) is 2.78. The summed E-state index contributed by atoms with van der Waals surface area (Å²) in [6.07, 6.45) is 0.841. The van der Waals surface area contributed by atoms with Crippen molar-refractivity contribution in [1.82, 2.24) is 25.9 Å². The number of amides is 1. The van der Waals surface area contributed by atoms with Gasteiger partial charge < -0.3 is 10.1 Å². The Morgan fingerprint density at radius 2 is 2.25 bits per heavy atom. The van der Waals surface area contributed by atoms with E-state index in [0.29, 0.717) is 30.5 Å². The molecule has 0 spiro atoms. The van der Waals surface area contributed by atoms with E-state index in [1.54, 1.807) is 17.9 Å². The summed E-state index contributed by atoms with van der Waals surface area (Å²) >= 11 is 5.04. The normalized spacial score (nSPS) is 10.2. The van der Waals surface area contributed by atoms with Gasteiger partial charge in [0, 0.05) is 26.8 Å². The fraction of sp³-hybridized carbons (Fsp3) is 0.583. The van der Waals surface area contributed by atoms with Crippen LogP contribution in [0.15, 0.2) is 6.07 Å². The molecule has 0 saturated carbocycles. The van der Waals surface area contributed by atoms with Crippen molar-refractivity contribution in [3.8, 4) is 0 Å². The number of aromatic nitrogens is 2. The molecule has 1 aromatic heterocycles. The van der Waals surface area contributed by atoms with Crippen molar-refractivity contribution >= 4 is 23.2 Å². The molecule has 0 aliphatic heterocycles. The quantitative estimate of drug-likeness (QED) is 0.400. The third kappa shape index (κ3) is 5.14. The molecule has 3 N–H and O–H groups in total. The van der Waals surface area contributed by atoms with Gasteiger partial charge in [0.25, 0.3) is 5.91 Å². The maximum absolute atomic E-state index is 12.0. The van der Waals surface area contributed by atoms with E-state index in [2.05, 4.69) is 21.3 Å². The predicted molar refractivity (Wildman–Crippen MR) is 80.3 cm³/mol. The smallest absolute Gasteiger partial charge is 0.287 e. The zero-order chi connectivity index (χ0) is 15.0. The van der Waals surface area contributed by atoms with Crippen molar-refractivity contribution in [1.29, 1.82) is 0 Å². The number of methoxy groups -OCH3 is 1. The zero-order valence-electron chi connectivity index (χ0n) is 12.0. The van der Waals surface area contributed by atoms with Gasteiger partial charge in [0.15, 0.2) is 5.11 Å². The summed E-state index contributed by atoms with van der Waals surface area (Å²) < 4.78 is 6.56. The van der Waals surface area contributed by atoms with Crippen molar-refractivity contribution in [2.24, 2.45) is 0 Å².